The molecular formula is C13H22N2O2. The minimum Gasteiger partial charge on any atom is -0.428 e. The number of anilines is 1. The maximum atomic E-state index is 9.10. The Morgan fingerprint density at radius 1 is 1.41 bits per heavy atom. The molecule has 0 aliphatic carbocycles. The van der Waals surface area contributed by atoms with Crippen molar-refractivity contribution in [3.8, 4) is 0 Å². The number of aliphatic hydroxyl groups excluding tert-OH is 1. The molecule has 1 N–H and O–H groups in total. The number of hydrogen-bond acceptors (Lipinski definition) is 4. The highest BCUT2D eigenvalue weighted by Crippen LogP contribution is 2.28. The first-order valence-corrected chi connectivity index (χ1v) is 6.33. The normalized spacial score (nSPS) is 18.7. The summed E-state index contributed by atoms with van der Waals surface area (Å²) < 4.78 is 5.81. The molecule has 0 atom stereocenters. The van der Waals surface area contributed by atoms with Crippen molar-refractivity contribution in [2.45, 2.75) is 39.0 Å². The molecule has 17 heavy (non-hydrogen) atoms. The minimum absolute atomic E-state index is 0.00860. The first-order chi connectivity index (χ1) is 8.00. The van der Waals surface area contributed by atoms with Crippen LogP contribution in [0.2, 0.25) is 0 Å². The lowest BCUT2D eigenvalue weighted by Crippen LogP contribution is -2.34. The van der Waals surface area contributed by atoms with Gasteiger partial charge in [-0.05, 0) is 18.8 Å². The van der Waals surface area contributed by atoms with Crippen LogP contribution in [0.4, 0.5) is 6.01 Å². The molecule has 1 aromatic rings. The van der Waals surface area contributed by atoms with E-state index in [0.29, 0.717) is 12.5 Å². The van der Waals surface area contributed by atoms with Crippen molar-refractivity contribution in [1.29, 1.82) is 0 Å². The van der Waals surface area contributed by atoms with Crippen molar-refractivity contribution in [2.24, 2.45) is 5.92 Å². The molecule has 2 rings (SSSR count). The van der Waals surface area contributed by atoms with Crippen LogP contribution < -0.4 is 4.90 Å². The van der Waals surface area contributed by atoms with Crippen LogP contribution in [0.1, 0.15) is 39.4 Å². The van der Waals surface area contributed by atoms with E-state index in [0.717, 1.165) is 37.7 Å². The Bertz CT molecular complexity index is 360. The van der Waals surface area contributed by atoms with Crippen LogP contribution in [0, 0.1) is 5.92 Å². The summed E-state index contributed by atoms with van der Waals surface area (Å²) in [7, 11) is 0. The van der Waals surface area contributed by atoms with Crippen molar-refractivity contribution in [3.63, 3.8) is 0 Å². The Labute approximate surface area is 103 Å². The lowest BCUT2D eigenvalue weighted by atomic mass is 9.94. The predicted octanol–water partition coefficient (Wildman–Crippen LogP) is 2.18. The van der Waals surface area contributed by atoms with Crippen molar-refractivity contribution >= 4 is 6.01 Å². The SMILES string of the molecule is CC(C)(C)c1cnc(N2CCC(CO)CC2)o1. The summed E-state index contributed by atoms with van der Waals surface area (Å²) in [5, 5.41) is 9.10. The van der Waals surface area contributed by atoms with Gasteiger partial charge in [0.05, 0.1) is 6.20 Å². The van der Waals surface area contributed by atoms with Gasteiger partial charge in [-0.1, -0.05) is 20.8 Å². The van der Waals surface area contributed by atoms with Gasteiger partial charge in [-0.3, -0.25) is 0 Å². The van der Waals surface area contributed by atoms with Gasteiger partial charge in [0.25, 0.3) is 6.01 Å². The van der Waals surface area contributed by atoms with Crippen molar-refractivity contribution < 1.29 is 9.52 Å². The summed E-state index contributed by atoms with van der Waals surface area (Å²) in [6.07, 6.45) is 3.86. The number of aliphatic hydroxyl groups is 1. The molecule has 1 saturated heterocycles. The Hall–Kier alpha value is -1.03. The Balaban J connectivity index is 2.02. The summed E-state index contributed by atoms with van der Waals surface area (Å²) in [6, 6.07) is 0.728. The van der Waals surface area contributed by atoms with E-state index in [1.807, 2.05) is 6.20 Å². The van der Waals surface area contributed by atoms with Gasteiger partial charge in [-0.2, -0.15) is 0 Å². The van der Waals surface area contributed by atoms with Crippen LogP contribution in [0.15, 0.2) is 10.6 Å². The molecule has 1 aliphatic rings. The smallest absolute Gasteiger partial charge is 0.297 e. The van der Waals surface area contributed by atoms with E-state index in [1.54, 1.807) is 0 Å². The van der Waals surface area contributed by atoms with Crippen LogP contribution in [0.25, 0.3) is 0 Å². The summed E-state index contributed by atoms with van der Waals surface area (Å²) >= 11 is 0. The Morgan fingerprint density at radius 3 is 2.53 bits per heavy atom. The maximum Gasteiger partial charge on any atom is 0.297 e. The fraction of sp³-hybridized carbons (Fsp3) is 0.769. The van der Waals surface area contributed by atoms with Crippen LogP contribution in [0.5, 0.6) is 0 Å². The number of oxazole rings is 1. The standard InChI is InChI=1S/C13H22N2O2/c1-13(2,3)11-8-14-12(17-11)15-6-4-10(9-16)5-7-15/h8,10,16H,4-7,9H2,1-3H3. The van der Waals surface area contributed by atoms with Gasteiger partial charge in [0.2, 0.25) is 0 Å². The van der Waals surface area contributed by atoms with Gasteiger partial charge in [-0.15, -0.1) is 0 Å². The molecule has 0 aromatic carbocycles. The number of aromatic nitrogens is 1. The molecule has 1 aliphatic heterocycles. The molecule has 0 bridgehead atoms. The van der Waals surface area contributed by atoms with Crippen molar-refractivity contribution in [2.75, 3.05) is 24.6 Å². The average molecular weight is 238 g/mol. The van der Waals surface area contributed by atoms with Crippen LogP contribution in [-0.4, -0.2) is 29.8 Å². The first-order valence-electron chi connectivity index (χ1n) is 6.33. The lowest BCUT2D eigenvalue weighted by molar-refractivity contribution is 0.201. The highest BCUT2D eigenvalue weighted by atomic mass is 16.4. The highest BCUT2D eigenvalue weighted by Gasteiger charge is 2.24. The van der Waals surface area contributed by atoms with E-state index < -0.39 is 0 Å². The highest BCUT2D eigenvalue weighted by molar-refractivity contribution is 5.28. The molecule has 1 fully saturated rings. The third kappa shape index (κ3) is 2.80. The van der Waals surface area contributed by atoms with E-state index in [1.165, 1.54) is 0 Å². The van der Waals surface area contributed by atoms with Crippen LogP contribution in [0.3, 0.4) is 0 Å². The molecule has 1 aromatic heterocycles. The zero-order chi connectivity index (χ0) is 12.5. The number of hydrogen-bond donors (Lipinski definition) is 1. The maximum absolute atomic E-state index is 9.10. The topological polar surface area (TPSA) is 49.5 Å². The summed E-state index contributed by atoms with van der Waals surface area (Å²) in [6.45, 7) is 8.51. The summed E-state index contributed by atoms with van der Waals surface area (Å²) in [5.41, 5.74) is 0.00860. The second kappa shape index (κ2) is 4.69. The second-order valence-corrected chi connectivity index (χ2v) is 5.87. The summed E-state index contributed by atoms with van der Waals surface area (Å²) in [4.78, 5) is 6.52. The van der Waals surface area contributed by atoms with Gasteiger partial charge in [0, 0.05) is 25.1 Å². The number of piperidine rings is 1. The lowest BCUT2D eigenvalue weighted by Gasteiger charge is -2.29. The van der Waals surface area contributed by atoms with E-state index in [-0.39, 0.29) is 5.41 Å². The average Bonchev–Trinajstić information content (AvgIpc) is 2.78. The zero-order valence-electron chi connectivity index (χ0n) is 10.9. The Kier molecular flexibility index (Phi) is 3.43. The molecule has 4 nitrogen and oxygen atoms in total. The van der Waals surface area contributed by atoms with Crippen LogP contribution >= 0.6 is 0 Å². The molecule has 0 spiro atoms. The van der Waals surface area contributed by atoms with Gasteiger partial charge in [-0.25, -0.2) is 4.98 Å². The van der Waals surface area contributed by atoms with E-state index in [4.69, 9.17) is 9.52 Å². The van der Waals surface area contributed by atoms with Gasteiger partial charge in [0.1, 0.15) is 5.76 Å². The third-order valence-corrected chi connectivity index (χ3v) is 3.38. The molecule has 4 heteroatoms. The molecule has 0 amide bonds. The van der Waals surface area contributed by atoms with E-state index in [9.17, 15) is 0 Å². The molecule has 0 unspecified atom stereocenters. The Morgan fingerprint density at radius 2 is 2.06 bits per heavy atom. The molecule has 0 saturated carbocycles. The number of nitrogens with zero attached hydrogens (tertiary/aromatic N) is 2. The minimum atomic E-state index is 0.00860. The van der Waals surface area contributed by atoms with Gasteiger partial charge < -0.3 is 14.4 Å². The quantitative estimate of drug-likeness (QED) is 0.858. The fourth-order valence-corrected chi connectivity index (χ4v) is 2.06. The third-order valence-electron chi connectivity index (χ3n) is 3.38. The van der Waals surface area contributed by atoms with Crippen molar-refractivity contribution in [1.82, 2.24) is 4.98 Å². The van der Waals surface area contributed by atoms with Gasteiger partial charge in [0.15, 0.2) is 0 Å². The largest absolute Gasteiger partial charge is 0.428 e. The first kappa shape index (κ1) is 12.4. The molecule has 2 heterocycles. The van der Waals surface area contributed by atoms with Crippen molar-refractivity contribution in [3.05, 3.63) is 12.0 Å². The summed E-state index contributed by atoms with van der Waals surface area (Å²) in [5.74, 6) is 1.38. The number of rotatable bonds is 2. The fourth-order valence-electron chi connectivity index (χ4n) is 2.06. The molecule has 0 radical (unpaired) electrons. The monoisotopic (exact) mass is 238 g/mol. The molecule has 96 valence electrons. The van der Waals surface area contributed by atoms with Crippen LogP contribution in [-0.2, 0) is 5.41 Å². The molecular weight excluding hydrogens is 216 g/mol. The zero-order valence-corrected chi connectivity index (χ0v) is 10.9. The van der Waals surface area contributed by atoms with E-state index in [2.05, 4.69) is 30.7 Å². The van der Waals surface area contributed by atoms with Gasteiger partial charge >= 0.3 is 0 Å². The van der Waals surface area contributed by atoms with E-state index >= 15 is 0 Å². The second-order valence-electron chi connectivity index (χ2n) is 5.87. The predicted molar refractivity (Wildman–Crippen MR) is 67.2 cm³/mol.